The van der Waals surface area contributed by atoms with Crippen molar-refractivity contribution < 1.29 is 47.7 Å². The van der Waals surface area contributed by atoms with Gasteiger partial charge in [0.25, 0.3) is 11.8 Å². The standard InChI is InChI=1S/C53H51N5O10/c1-55(17-9-14-50(61)68-51-44(59)15-16-45(51)60)35-19-31(29-66-48-25-40-38(23-46(48)64-3)52(62)57-36(27-54-40)21-33-10-5-7-12-41(33)57)18-32(20-35)30-67-49-26-43-39(24-47(49)65-4)53(63)58-37(28-56(43)2)22-34-11-6-8-13-42(34)58/h5-8,10-13,18-20,23-27,36-37,51H,9,14-17,21-22,28-30H2,1-4H3. The lowest BCUT2D eigenvalue weighted by Crippen LogP contribution is -2.41. The lowest BCUT2D eigenvalue weighted by Gasteiger charge is -2.25. The molecule has 5 aromatic rings. The van der Waals surface area contributed by atoms with Crippen molar-refractivity contribution in [1.29, 1.82) is 0 Å². The van der Waals surface area contributed by atoms with Crippen LogP contribution in [0, 0.1) is 0 Å². The number of hydrogen-bond donors (Lipinski definition) is 0. The number of ether oxygens (including phenoxy) is 5. The van der Waals surface area contributed by atoms with Crippen molar-refractivity contribution in [2.75, 3.05) is 61.0 Å². The van der Waals surface area contributed by atoms with Gasteiger partial charge in [0.05, 0.1) is 48.8 Å². The maximum Gasteiger partial charge on any atom is 0.307 e. The van der Waals surface area contributed by atoms with E-state index < -0.39 is 12.1 Å². The summed E-state index contributed by atoms with van der Waals surface area (Å²) in [6, 6.07) is 28.7. The number of hydrogen-bond acceptors (Lipinski definition) is 13. The number of methoxy groups -OCH3 is 2. The molecule has 68 heavy (non-hydrogen) atoms. The number of benzene rings is 5. The fraction of sp³-hybridized carbons (Fsp3) is 0.321. The van der Waals surface area contributed by atoms with Gasteiger partial charge in [0, 0.05) is 88.3 Å². The molecular formula is C53H51N5O10. The number of para-hydroxylation sites is 2. The van der Waals surface area contributed by atoms with E-state index in [-0.39, 0.29) is 67.9 Å². The van der Waals surface area contributed by atoms with E-state index in [1.165, 1.54) is 7.11 Å². The van der Waals surface area contributed by atoms with E-state index in [9.17, 15) is 24.0 Å². The maximum absolute atomic E-state index is 14.2. The predicted octanol–water partition coefficient (Wildman–Crippen LogP) is 7.23. The third-order valence-electron chi connectivity index (χ3n) is 13.4. The van der Waals surface area contributed by atoms with Gasteiger partial charge in [-0.3, -0.25) is 33.9 Å². The molecule has 15 heteroatoms. The van der Waals surface area contributed by atoms with Crippen LogP contribution in [0.1, 0.15) is 68.7 Å². The summed E-state index contributed by atoms with van der Waals surface area (Å²) >= 11 is 0. The summed E-state index contributed by atoms with van der Waals surface area (Å²) < 4.78 is 29.9. The molecule has 1 aliphatic carbocycles. The highest BCUT2D eigenvalue weighted by molar-refractivity contribution is 6.15. The van der Waals surface area contributed by atoms with E-state index in [1.54, 1.807) is 30.2 Å². The van der Waals surface area contributed by atoms with Gasteiger partial charge in [-0.05, 0) is 77.6 Å². The number of Topliss-reactive ketones (excluding diaryl/α,β-unsaturated/α-hetero) is 2. The first-order chi connectivity index (χ1) is 33.0. The van der Waals surface area contributed by atoms with E-state index in [0.717, 1.165) is 51.4 Å². The number of likely N-dealkylation sites (N-methyl/N-ethyl adjacent to an activating group) is 1. The molecule has 1 fully saturated rings. The zero-order chi connectivity index (χ0) is 47.2. The van der Waals surface area contributed by atoms with Gasteiger partial charge in [0.2, 0.25) is 6.10 Å². The summed E-state index contributed by atoms with van der Waals surface area (Å²) in [6.45, 7) is 1.31. The van der Waals surface area contributed by atoms with Gasteiger partial charge in [0.1, 0.15) is 13.2 Å². The van der Waals surface area contributed by atoms with Crippen LogP contribution in [-0.2, 0) is 45.2 Å². The third-order valence-corrected chi connectivity index (χ3v) is 13.4. The molecule has 2 amide bonds. The Labute approximate surface area is 393 Å². The first kappa shape index (κ1) is 44.2. The number of carbonyl (C=O) groups excluding carboxylic acids is 5. The SMILES string of the molecule is COc1cc2c(cc1OCc1cc(COc3cc4c(cc3OC)C(=O)N3c5ccccc5CC3CN4C)cc(N(C)CCCC(=O)OC3C(=O)CCC3=O)c1)N=CC1Cc3ccccc3N1C2=O. The molecule has 5 aromatic carbocycles. The van der Waals surface area contributed by atoms with Gasteiger partial charge in [-0.2, -0.15) is 0 Å². The van der Waals surface area contributed by atoms with Gasteiger partial charge in [0.15, 0.2) is 34.6 Å². The summed E-state index contributed by atoms with van der Waals surface area (Å²) in [5.41, 5.74) is 8.61. The van der Waals surface area contributed by atoms with Gasteiger partial charge < -0.3 is 38.4 Å². The fourth-order valence-corrected chi connectivity index (χ4v) is 9.98. The Hall–Kier alpha value is -7.68. The van der Waals surface area contributed by atoms with E-state index in [2.05, 4.69) is 11.0 Å². The van der Waals surface area contributed by atoms with Crippen LogP contribution in [0.4, 0.5) is 28.4 Å². The van der Waals surface area contributed by atoms with E-state index in [4.69, 9.17) is 28.7 Å². The van der Waals surface area contributed by atoms with Crippen molar-refractivity contribution in [3.8, 4) is 23.0 Å². The number of esters is 1. The second kappa shape index (κ2) is 18.2. The van der Waals surface area contributed by atoms with Crippen LogP contribution in [0.3, 0.4) is 0 Å². The topological polar surface area (TPSA) is 157 Å². The molecular weight excluding hydrogens is 867 g/mol. The second-order valence-corrected chi connectivity index (χ2v) is 17.8. The minimum absolute atomic E-state index is 0.0174. The number of carbonyl (C=O) groups is 5. The highest BCUT2D eigenvalue weighted by Gasteiger charge is 2.40. The molecule has 0 bridgehead atoms. The molecule has 348 valence electrons. The summed E-state index contributed by atoms with van der Waals surface area (Å²) in [4.78, 5) is 77.7. The smallest absolute Gasteiger partial charge is 0.307 e. The molecule has 15 nitrogen and oxygen atoms in total. The van der Waals surface area contributed by atoms with Crippen molar-refractivity contribution in [2.45, 2.75) is 69.9 Å². The summed E-state index contributed by atoms with van der Waals surface area (Å²) in [5, 5.41) is 0. The molecule has 4 heterocycles. The molecule has 0 N–H and O–H groups in total. The Balaban J connectivity index is 0.902. The molecule has 0 spiro atoms. The Morgan fingerprint density at radius 2 is 1.31 bits per heavy atom. The monoisotopic (exact) mass is 917 g/mol. The molecule has 2 atom stereocenters. The number of aliphatic imine (C=N–C) groups is 1. The Morgan fingerprint density at radius 1 is 0.706 bits per heavy atom. The van der Waals surface area contributed by atoms with Crippen molar-refractivity contribution in [3.05, 3.63) is 124 Å². The van der Waals surface area contributed by atoms with Gasteiger partial charge in [-0.25, -0.2) is 0 Å². The van der Waals surface area contributed by atoms with Crippen molar-refractivity contribution in [1.82, 2.24) is 0 Å². The summed E-state index contributed by atoms with van der Waals surface area (Å²) in [6.07, 6.45) is 2.57. The number of fused-ring (bicyclic) bond motifs is 8. The molecule has 0 aromatic heterocycles. The molecule has 0 radical (unpaired) electrons. The van der Waals surface area contributed by atoms with Crippen LogP contribution in [-0.4, -0.2) is 95.2 Å². The predicted molar refractivity (Wildman–Crippen MR) is 256 cm³/mol. The van der Waals surface area contributed by atoms with Gasteiger partial charge >= 0.3 is 5.97 Å². The largest absolute Gasteiger partial charge is 0.493 e. The van der Waals surface area contributed by atoms with Crippen molar-refractivity contribution in [3.63, 3.8) is 0 Å². The normalized spacial score (nSPS) is 18.0. The van der Waals surface area contributed by atoms with Crippen LogP contribution < -0.4 is 38.5 Å². The Morgan fingerprint density at radius 3 is 1.99 bits per heavy atom. The van der Waals surface area contributed by atoms with Crippen molar-refractivity contribution in [2.24, 2.45) is 4.99 Å². The van der Waals surface area contributed by atoms with E-state index in [1.807, 2.05) is 96.8 Å². The van der Waals surface area contributed by atoms with Gasteiger partial charge in [-0.15, -0.1) is 0 Å². The highest BCUT2D eigenvalue weighted by Crippen LogP contribution is 2.44. The summed E-state index contributed by atoms with van der Waals surface area (Å²) in [5.74, 6) is 0.106. The molecule has 5 aliphatic rings. The van der Waals surface area contributed by atoms with Crippen LogP contribution in [0.2, 0.25) is 0 Å². The molecule has 4 aliphatic heterocycles. The zero-order valence-electron chi connectivity index (χ0n) is 38.4. The number of ketones is 2. The number of rotatable bonds is 14. The third kappa shape index (κ3) is 8.26. The molecule has 1 saturated carbocycles. The zero-order valence-corrected chi connectivity index (χ0v) is 38.4. The van der Waals surface area contributed by atoms with Crippen LogP contribution >= 0.6 is 0 Å². The van der Waals surface area contributed by atoms with E-state index in [0.29, 0.717) is 65.7 Å². The average Bonchev–Trinajstić information content (AvgIpc) is 3.97. The Kier molecular flexibility index (Phi) is 11.8. The first-order valence-corrected chi connectivity index (χ1v) is 22.8. The highest BCUT2D eigenvalue weighted by atomic mass is 16.6. The van der Waals surface area contributed by atoms with E-state index >= 15 is 0 Å². The van der Waals surface area contributed by atoms with Crippen LogP contribution in [0.25, 0.3) is 0 Å². The molecule has 10 rings (SSSR count). The molecule has 2 unspecified atom stereocenters. The average molecular weight is 918 g/mol. The van der Waals surface area contributed by atoms with Gasteiger partial charge in [-0.1, -0.05) is 36.4 Å². The minimum atomic E-state index is -1.30. The second-order valence-electron chi connectivity index (χ2n) is 17.8. The summed E-state index contributed by atoms with van der Waals surface area (Å²) in [7, 11) is 6.97. The lowest BCUT2D eigenvalue weighted by atomic mass is 10.1. The maximum atomic E-state index is 14.2. The number of anilines is 4. The minimum Gasteiger partial charge on any atom is -0.493 e. The Bertz CT molecular complexity index is 2900. The number of nitrogens with zero attached hydrogens (tertiary/aromatic N) is 5. The first-order valence-electron chi connectivity index (χ1n) is 22.8. The van der Waals surface area contributed by atoms with Crippen molar-refractivity contribution >= 4 is 64.0 Å². The lowest BCUT2D eigenvalue weighted by molar-refractivity contribution is -0.157. The van der Waals surface area contributed by atoms with Crippen LogP contribution in [0.15, 0.2) is 96.0 Å². The fourth-order valence-electron chi connectivity index (χ4n) is 9.98. The molecule has 0 saturated heterocycles. The van der Waals surface area contributed by atoms with Crippen LogP contribution in [0.5, 0.6) is 23.0 Å². The quantitative estimate of drug-likeness (QED) is 0.0815. The number of amides is 2.